The molecule has 2 aromatic rings. The first-order valence-electron chi connectivity index (χ1n) is 6.50. The summed E-state index contributed by atoms with van der Waals surface area (Å²) in [4.78, 5) is 12.4. The van der Waals surface area contributed by atoms with E-state index in [1.165, 1.54) is 0 Å². The Hall–Kier alpha value is -1.52. The van der Waals surface area contributed by atoms with Gasteiger partial charge >= 0.3 is 0 Å². The van der Waals surface area contributed by atoms with E-state index in [2.05, 4.69) is 21.2 Å². The first kappa shape index (κ1) is 15.9. The van der Waals surface area contributed by atoms with Gasteiger partial charge in [0.1, 0.15) is 0 Å². The van der Waals surface area contributed by atoms with Crippen LogP contribution in [0.3, 0.4) is 0 Å². The number of anilines is 2. The smallest absolute Gasteiger partial charge is 0.231 e. The van der Waals surface area contributed by atoms with Crippen molar-refractivity contribution in [3.05, 3.63) is 57.0 Å². The molecule has 0 heterocycles. The molecule has 3 N–H and O–H groups in total. The van der Waals surface area contributed by atoms with Crippen LogP contribution in [0.5, 0.6) is 0 Å². The van der Waals surface area contributed by atoms with Crippen molar-refractivity contribution in [1.29, 1.82) is 0 Å². The summed E-state index contributed by atoms with van der Waals surface area (Å²) in [5.41, 5.74) is 8.88. The van der Waals surface area contributed by atoms with Gasteiger partial charge in [-0.15, -0.1) is 0 Å². The molecule has 0 bridgehead atoms. The highest BCUT2D eigenvalue weighted by Gasteiger charge is 2.17. The van der Waals surface area contributed by atoms with E-state index >= 15 is 0 Å². The Bertz CT molecular complexity index is 688. The summed E-state index contributed by atoms with van der Waals surface area (Å²) in [6.07, 6.45) is 0. The molecule has 0 aliphatic carbocycles. The maximum Gasteiger partial charge on any atom is 0.231 e. The Morgan fingerprint density at radius 1 is 1.33 bits per heavy atom. The molecule has 2 aromatic carbocycles. The molecular weight excluding hydrogens is 352 g/mol. The van der Waals surface area contributed by atoms with Gasteiger partial charge in [0.2, 0.25) is 5.91 Å². The van der Waals surface area contributed by atoms with Crippen molar-refractivity contribution in [3.8, 4) is 0 Å². The average molecular weight is 368 g/mol. The lowest BCUT2D eigenvalue weighted by atomic mass is 10.00. The lowest BCUT2D eigenvalue weighted by Crippen LogP contribution is -2.19. The number of aryl methyl sites for hydroxylation is 1. The summed E-state index contributed by atoms with van der Waals surface area (Å²) in [6, 6.07) is 10.9. The van der Waals surface area contributed by atoms with Crippen LogP contribution in [0.2, 0.25) is 5.02 Å². The van der Waals surface area contributed by atoms with Crippen LogP contribution in [0.25, 0.3) is 0 Å². The van der Waals surface area contributed by atoms with E-state index in [1.807, 2.05) is 32.0 Å². The summed E-state index contributed by atoms with van der Waals surface area (Å²) in [7, 11) is 0. The summed E-state index contributed by atoms with van der Waals surface area (Å²) in [5.74, 6) is -0.415. The summed E-state index contributed by atoms with van der Waals surface area (Å²) >= 11 is 9.53. The van der Waals surface area contributed by atoms with Gasteiger partial charge in [-0.25, -0.2) is 0 Å². The van der Waals surface area contributed by atoms with E-state index in [0.29, 0.717) is 16.4 Å². The zero-order valence-corrected chi connectivity index (χ0v) is 14.1. The number of halogens is 2. The largest absolute Gasteiger partial charge is 0.399 e. The molecular formula is C16H16BrClN2O. The van der Waals surface area contributed by atoms with Gasteiger partial charge in [-0.05, 0) is 65.2 Å². The molecule has 3 nitrogen and oxygen atoms in total. The molecule has 1 atom stereocenters. The molecule has 0 aromatic heterocycles. The minimum Gasteiger partial charge on any atom is -0.399 e. The Kier molecular flexibility index (Phi) is 4.91. The van der Waals surface area contributed by atoms with Crippen molar-refractivity contribution < 1.29 is 4.79 Å². The molecule has 5 heteroatoms. The molecule has 1 amide bonds. The van der Waals surface area contributed by atoms with Crippen molar-refractivity contribution in [2.24, 2.45) is 0 Å². The third-order valence-corrected chi connectivity index (χ3v) is 4.37. The summed E-state index contributed by atoms with van der Waals surface area (Å²) < 4.78 is 0.803. The monoisotopic (exact) mass is 366 g/mol. The number of hydrogen-bond donors (Lipinski definition) is 2. The predicted molar refractivity (Wildman–Crippen MR) is 91.8 cm³/mol. The molecule has 0 spiro atoms. The Balaban J connectivity index is 2.20. The van der Waals surface area contributed by atoms with Gasteiger partial charge in [0.15, 0.2) is 0 Å². The molecule has 0 aliphatic heterocycles. The van der Waals surface area contributed by atoms with Crippen molar-refractivity contribution in [3.63, 3.8) is 0 Å². The molecule has 1 unspecified atom stereocenters. The van der Waals surface area contributed by atoms with Gasteiger partial charge < -0.3 is 11.1 Å². The minimum atomic E-state index is -0.305. The highest BCUT2D eigenvalue weighted by molar-refractivity contribution is 9.10. The second kappa shape index (κ2) is 6.50. The van der Waals surface area contributed by atoms with Crippen LogP contribution < -0.4 is 11.1 Å². The van der Waals surface area contributed by atoms with E-state index in [1.54, 1.807) is 18.2 Å². The zero-order chi connectivity index (χ0) is 15.6. The summed E-state index contributed by atoms with van der Waals surface area (Å²) in [6.45, 7) is 3.75. The molecule has 0 fully saturated rings. The number of rotatable bonds is 3. The highest BCUT2D eigenvalue weighted by Crippen LogP contribution is 2.30. The van der Waals surface area contributed by atoms with Crippen LogP contribution in [0.15, 0.2) is 40.9 Å². The average Bonchev–Trinajstić information content (AvgIpc) is 2.43. The topological polar surface area (TPSA) is 55.1 Å². The van der Waals surface area contributed by atoms with Gasteiger partial charge in [-0.1, -0.05) is 23.7 Å². The molecule has 110 valence electrons. The quantitative estimate of drug-likeness (QED) is 0.770. The molecule has 0 radical (unpaired) electrons. The van der Waals surface area contributed by atoms with Crippen molar-refractivity contribution >= 4 is 44.8 Å². The zero-order valence-electron chi connectivity index (χ0n) is 11.8. The lowest BCUT2D eigenvalue weighted by Gasteiger charge is -2.15. The Labute approximate surface area is 137 Å². The fraction of sp³-hybridized carbons (Fsp3) is 0.188. The van der Waals surface area contributed by atoms with Crippen LogP contribution >= 0.6 is 27.5 Å². The summed E-state index contributed by atoms with van der Waals surface area (Å²) in [5, 5.41) is 3.50. The maximum atomic E-state index is 12.4. The van der Waals surface area contributed by atoms with Crippen molar-refractivity contribution in [2.45, 2.75) is 19.8 Å². The number of nitrogens with one attached hydrogen (secondary N) is 1. The SMILES string of the molecule is Cc1cc(Br)c(NC(=O)C(C)c2cccc(N)c2)cc1Cl. The molecule has 0 saturated heterocycles. The number of nitrogen functional groups attached to an aromatic ring is 1. The van der Waals surface area contributed by atoms with Gasteiger partial charge in [0.25, 0.3) is 0 Å². The molecule has 0 aliphatic rings. The molecule has 2 rings (SSSR count). The third-order valence-electron chi connectivity index (χ3n) is 3.31. The van der Waals surface area contributed by atoms with E-state index in [0.717, 1.165) is 15.6 Å². The Morgan fingerprint density at radius 3 is 2.71 bits per heavy atom. The first-order chi connectivity index (χ1) is 9.88. The van der Waals surface area contributed by atoms with Crippen LogP contribution in [-0.4, -0.2) is 5.91 Å². The normalized spacial score (nSPS) is 12.0. The van der Waals surface area contributed by atoms with E-state index in [-0.39, 0.29) is 11.8 Å². The molecule has 21 heavy (non-hydrogen) atoms. The fourth-order valence-electron chi connectivity index (χ4n) is 1.96. The number of carbonyl (C=O) groups is 1. The minimum absolute atomic E-state index is 0.110. The van der Waals surface area contributed by atoms with Gasteiger partial charge in [-0.2, -0.15) is 0 Å². The van der Waals surface area contributed by atoms with Crippen LogP contribution in [-0.2, 0) is 4.79 Å². The van der Waals surface area contributed by atoms with E-state index < -0.39 is 0 Å². The number of benzene rings is 2. The van der Waals surface area contributed by atoms with Gasteiger partial charge in [0, 0.05) is 15.2 Å². The van der Waals surface area contributed by atoms with Crippen LogP contribution in [0, 0.1) is 6.92 Å². The fourth-order valence-corrected chi connectivity index (χ4v) is 2.68. The van der Waals surface area contributed by atoms with E-state index in [4.69, 9.17) is 17.3 Å². The Morgan fingerprint density at radius 2 is 2.05 bits per heavy atom. The number of hydrogen-bond acceptors (Lipinski definition) is 2. The van der Waals surface area contributed by atoms with Crippen LogP contribution in [0.4, 0.5) is 11.4 Å². The third kappa shape index (κ3) is 3.77. The number of nitrogens with two attached hydrogens (primary N) is 1. The van der Waals surface area contributed by atoms with Crippen LogP contribution in [0.1, 0.15) is 24.0 Å². The predicted octanol–water partition coefficient (Wildman–Crippen LogP) is 4.74. The number of amides is 1. The second-order valence-electron chi connectivity index (χ2n) is 4.96. The van der Waals surface area contributed by atoms with Crippen molar-refractivity contribution in [2.75, 3.05) is 11.1 Å². The van der Waals surface area contributed by atoms with Crippen molar-refractivity contribution in [1.82, 2.24) is 0 Å². The van der Waals surface area contributed by atoms with Gasteiger partial charge in [-0.3, -0.25) is 4.79 Å². The van der Waals surface area contributed by atoms with Gasteiger partial charge in [0.05, 0.1) is 11.6 Å². The lowest BCUT2D eigenvalue weighted by molar-refractivity contribution is -0.117. The standard InChI is InChI=1S/C16H16BrClN2O/c1-9-6-13(17)15(8-14(9)18)20-16(21)10(2)11-4-3-5-12(19)7-11/h3-8,10H,19H2,1-2H3,(H,20,21). The number of carbonyl (C=O) groups excluding carboxylic acids is 1. The highest BCUT2D eigenvalue weighted by atomic mass is 79.9. The first-order valence-corrected chi connectivity index (χ1v) is 7.67. The van der Waals surface area contributed by atoms with E-state index in [9.17, 15) is 4.79 Å². The second-order valence-corrected chi connectivity index (χ2v) is 6.22. The maximum absolute atomic E-state index is 12.4. The molecule has 0 saturated carbocycles.